The summed E-state index contributed by atoms with van der Waals surface area (Å²) < 4.78 is 12.9. The molecule has 0 amide bonds. The first-order valence-corrected chi connectivity index (χ1v) is 4.25. The van der Waals surface area contributed by atoms with Gasteiger partial charge in [0.1, 0.15) is 5.83 Å². The van der Waals surface area contributed by atoms with E-state index in [4.69, 9.17) is 16.7 Å². The van der Waals surface area contributed by atoms with Crippen molar-refractivity contribution >= 4 is 17.2 Å². The van der Waals surface area contributed by atoms with E-state index in [0.717, 1.165) is 0 Å². The molecule has 0 fully saturated rings. The second kappa shape index (κ2) is 4.40. The molecule has 1 N–H and O–H groups in total. The minimum absolute atomic E-state index is 0.421. The smallest absolute Gasteiger partial charge is 0.129 e. The Hall–Kier alpha value is -0.860. The molecule has 1 aromatic carbocycles. The zero-order chi connectivity index (χ0) is 9.84. The Labute approximate surface area is 81.5 Å². The van der Waals surface area contributed by atoms with Crippen LogP contribution in [0.15, 0.2) is 30.1 Å². The molecule has 0 unspecified atom stereocenters. The van der Waals surface area contributed by atoms with Gasteiger partial charge >= 0.3 is 0 Å². The van der Waals surface area contributed by atoms with Crippen molar-refractivity contribution in [1.29, 1.82) is 0 Å². The van der Waals surface area contributed by atoms with Crippen molar-refractivity contribution in [2.45, 2.75) is 6.92 Å². The predicted octanol–water partition coefficient (Wildman–Crippen LogP) is 3.03. The first kappa shape index (κ1) is 10.2. The minimum Gasteiger partial charge on any atom is -0.389 e. The van der Waals surface area contributed by atoms with E-state index in [0.29, 0.717) is 16.2 Å². The molecule has 0 radical (unpaired) electrons. The summed E-state index contributed by atoms with van der Waals surface area (Å²) in [5.41, 5.74) is 1.11. The molecule has 0 atom stereocenters. The maximum Gasteiger partial charge on any atom is 0.129 e. The highest BCUT2D eigenvalue weighted by atomic mass is 35.5. The standard InChI is InChI=1S/C10H10ClFO/c1-7(10(12)6-13)8-3-2-4-9(11)5-8/h2-5,13H,6H2,1H3/b10-7-. The lowest BCUT2D eigenvalue weighted by atomic mass is 10.1. The van der Waals surface area contributed by atoms with Gasteiger partial charge in [0.05, 0.1) is 6.61 Å². The van der Waals surface area contributed by atoms with E-state index < -0.39 is 12.4 Å². The Morgan fingerprint density at radius 3 is 2.77 bits per heavy atom. The molecular formula is C10H10ClFO. The van der Waals surface area contributed by atoms with Crippen molar-refractivity contribution in [2.24, 2.45) is 0 Å². The fourth-order valence-electron chi connectivity index (χ4n) is 0.997. The van der Waals surface area contributed by atoms with Crippen LogP contribution in [0.2, 0.25) is 5.02 Å². The molecule has 13 heavy (non-hydrogen) atoms. The predicted molar refractivity (Wildman–Crippen MR) is 52.2 cm³/mol. The number of halogens is 2. The van der Waals surface area contributed by atoms with E-state index in [-0.39, 0.29) is 0 Å². The molecule has 1 nitrogen and oxygen atoms in total. The van der Waals surface area contributed by atoms with Crippen LogP contribution < -0.4 is 0 Å². The highest BCUT2D eigenvalue weighted by molar-refractivity contribution is 6.30. The van der Waals surface area contributed by atoms with Crippen LogP contribution in [0.25, 0.3) is 5.57 Å². The third-order valence-electron chi connectivity index (χ3n) is 1.80. The summed E-state index contributed by atoms with van der Waals surface area (Å²) in [6, 6.07) is 6.86. The van der Waals surface area contributed by atoms with Gasteiger partial charge in [-0.05, 0) is 30.2 Å². The lowest BCUT2D eigenvalue weighted by molar-refractivity contribution is 0.299. The quantitative estimate of drug-likeness (QED) is 0.778. The number of aliphatic hydroxyl groups excluding tert-OH is 1. The van der Waals surface area contributed by atoms with Crippen molar-refractivity contribution in [2.75, 3.05) is 6.61 Å². The van der Waals surface area contributed by atoms with Crippen LogP contribution in [0.1, 0.15) is 12.5 Å². The van der Waals surface area contributed by atoms with Crippen LogP contribution in [-0.4, -0.2) is 11.7 Å². The van der Waals surface area contributed by atoms with Gasteiger partial charge in [-0.3, -0.25) is 0 Å². The zero-order valence-corrected chi connectivity index (χ0v) is 7.98. The lowest BCUT2D eigenvalue weighted by Crippen LogP contribution is -1.88. The minimum atomic E-state index is -0.571. The van der Waals surface area contributed by atoms with Crippen LogP contribution in [0.5, 0.6) is 0 Å². The molecule has 1 aromatic rings. The lowest BCUT2D eigenvalue weighted by Gasteiger charge is -2.02. The van der Waals surface area contributed by atoms with Crippen LogP contribution >= 0.6 is 11.6 Å². The number of hydrogen-bond donors (Lipinski definition) is 1. The molecule has 0 heterocycles. The number of benzene rings is 1. The highest BCUT2D eigenvalue weighted by Crippen LogP contribution is 2.21. The Kier molecular flexibility index (Phi) is 3.46. The van der Waals surface area contributed by atoms with Gasteiger partial charge in [-0.15, -0.1) is 0 Å². The van der Waals surface area contributed by atoms with Crippen molar-refractivity contribution in [3.8, 4) is 0 Å². The van der Waals surface area contributed by atoms with Gasteiger partial charge in [0.15, 0.2) is 0 Å². The van der Waals surface area contributed by atoms with Gasteiger partial charge < -0.3 is 5.11 Å². The van der Waals surface area contributed by atoms with Crippen LogP contribution in [0.4, 0.5) is 4.39 Å². The summed E-state index contributed by atoms with van der Waals surface area (Å²) in [6.07, 6.45) is 0. The molecule has 70 valence electrons. The largest absolute Gasteiger partial charge is 0.389 e. The fourth-order valence-corrected chi connectivity index (χ4v) is 1.19. The summed E-state index contributed by atoms with van der Waals surface area (Å²) in [6.45, 7) is 1.04. The maximum atomic E-state index is 12.9. The van der Waals surface area contributed by atoms with E-state index >= 15 is 0 Å². The molecule has 0 saturated carbocycles. The third-order valence-corrected chi connectivity index (χ3v) is 2.04. The van der Waals surface area contributed by atoms with E-state index in [1.165, 1.54) is 0 Å². The summed E-state index contributed by atoms with van der Waals surface area (Å²) >= 11 is 5.73. The molecule has 3 heteroatoms. The molecule has 0 saturated heterocycles. The van der Waals surface area contributed by atoms with Gasteiger partial charge in [0, 0.05) is 5.02 Å². The third kappa shape index (κ3) is 2.54. The molecule has 1 rings (SSSR count). The first-order valence-electron chi connectivity index (χ1n) is 3.87. The number of aliphatic hydroxyl groups is 1. The van der Waals surface area contributed by atoms with E-state index in [9.17, 15) is 4.39 Å². The van der Waals surface area contributed by atoms with Gasteiger partial charge in [0.2, 0.25) is 0 Å². The summed E-state index contributed by atoms with van der Waals surface area (Å²) in [5, 5.41) is 9.13. The summed E-state index contributed by atoms with van der Waals surface area (Å²) in [4.78, 5) is 0. The van der Waals surface area contributed by atoms with Gasteiger partial charge in [0.25, 0.3) is 0 Å². The molecule has 0 aliphatic heterocycles. The van der Waals surface area contributed by atoms with Crippen LogP contribution in [0.3, 0.4) is 0 Å². The Balaban J connectivity index is 3.08. The van der Waals surface area contributed by atoms with Gasteiger partial charge in [-0.2, -0.15) is 0 Å². The second-order valence-electron chi connectivity index (χ2n) is 2.70. The van der Waals surface area contributed by atoms with Crippen molar-refractivity contribution < 1.29 is 9.50 Å². The Morgan fingerprint density at radius 2 is 2.23 bits per heavy atom. The van der Waals surface area contributed by atoms with Crippen LogP contribution in [-0.2, 0) is 0 Å². The first-order chi connectivity index (χ1) is 6.15. The number of allylic oxidation sites excluding steroid dienone is 1. The number of hydrogen-bond acceptors (Lipinski definition) is 1. The van der Waals surface area contributed by atoms with Crippen molar-refractivity contribution in [3.05, 3.63) is 40.7 Å². The summed E-state index contributed by atoms with van der Waals surface area (Å²) in [7, 11) is 0. The second-order valence-corrected chi connectivity index (χ2v) is 3.13. The molecular weight excluding hydrogens is 191 g/mol. The van der Waals surface area contributed by atoms with Crippen molar-refractivity contribution in [1.82, 2.24) is 0 Å². The molecule has 0 aliphatic rings. The highest BCUT2D eigenvalue weighted by Gasteiger charge is 2.03. The van der Waals surface area contributed by atoms with Gasteiger partial charge in [-0.25, -0.2) is 4.39 Å². The zero-order valence-electron chi connectivity index (χ0n) is 7.22. The number of rotatable bonds is 2. The Morgan fingerprint density at radius 1 is 1.54 bits per heavy atom. The maximum absolute atomic E-state index is 12.9. The van der Waals surface area contributed by atoms with Gasteiger partial charge in [-0.1, -0.05) is 23.7 Å². The average molecular weight is 201 g/mol. The van der Waals surface area contributed by atoms with Crippen molar-refractivity contribution in [3.63, 3.8) is 0 Å². The molecule has 0 aliphatic carbocycles. The monoisotopic (exact) mass is 200 g/mol. The molecule has 0 bridgehead atoms. The van der Waals surface area contributed by atoms with E-state index in [1.54, 1.807) is 31.2 Å². The van der Waals surface area contributed by atoms with E-state index in [2.05, 4.69) is 0 Å². The SMILES string of the molecule is C/C(=C(/F)CO)c1cccc(Cl)c1. The summed E-state index contributed by atoms with van der Waals surface area (Å²) in [5.74, 6) is -0.526. The topological polar surface area (TPSA) is 20.2 Å². The van der Waals surface area contributed by atoms with Crippen LogP contribution in [0, 0.1) is 0 Å². The molecule has 0 aromatic heterocycles. The normalized spacial score (nSPS) is 12.6. The average Bonchev–Trinajstić information content (AvgIpc) is 2.15. The van der Waals surface area contributed by atoms with E-state index in [1.807, 2.05) is 0 Å². The molecule has 0 spiro atoms. The Bertz CT molecular complexity index is 333. The fraction of sp³-hybridized carbons (Fsp3) is 0.200.